The molecule has 3 heteroatoms. The summed E-state index contributed by atoms with van der Waals surface area (Å²) in [6.45, 7) is 3.94. The number of benzene rings is 2. The van der Waals surface area contributed by atoms with E-state index in [4.69, 9.17) is 4.42 Å². The maximum absolute atomic E-state index is 13.6. The topological polar surface area (TPSA) is 33.4 Å². The van der Waals surface area contributed by atoms with Gasteiger partial charge in [0.1, 0.15) is 11.9 Å². The summed E-state index contributed by atoms with van der Waals surface area (Å²) in [7, 11) is 0. The second kappa shape index (κ2) is 4.76. The lowest BCUT2D eigenvalue weighted by molar-refractivity contribution is 0.191. The van der Waals surface area contributed by atoms with Gasteiger partial charge in [-0.25, -0.2) is 4.39 Å². The fourth-order valence-electron chi connectivity index (χ4n) is 2.47. The molecule has 1 atom stereocenters. The van der Waals surface area contributed by atoms with Gasteiger partial charge in [0.2, 0.25) is 0 Å². The van der Waals surface area contributed by atoms with Crippen LogP contribution in [0.5, 0.6) is 0 Å². The molecule has 3 rings (SSSR count). The summed E-state index contributed by atoms with van der Waals surface area (Å²) in [5.41, 5.74) is 3.08. The van der Waals surface area contributed by atoms with Crippen LogP contribution in [0.1, 0.15) is 28.6 Å². The van der Waals surface area contributed by atoms with E-state index in [-0.39, 0.29) is 5.58 Å². The van der Waals surface area contributed by atoms with Crippen molar-refractivity contribution in [3.8, 4) is 0 Å². The highest BCUT2D eigenvalue weighted by molar-refractivity contribution is 5.78. The molecule has 1 aromatic heterocycles. The molecule has 0 spiro atoms. The summed E-state index contributed by atoms with van der Waals surface area (Å²) in [5.74, 6) is -0.0568. The fourth-order valence-corrected chi connectivity index (χ4v) is 2.47. The van der Waals surface area contributed by atoms with Crippen LogP contribution in [0.4, 0.5) is 4.39 Å². The molecule has 0 bridgehead atoms. The van der Waals surface area contributed by atoms with Crippen LogP contribution in [0.3, 0.4) is 0 Å². The van der Waals surface area contributed by atoms with Crippen molar-refractivity contribution in [1.82, 2.24) is 0 Å². The van der Waals surface area contributed by atoms with Crippen LogP contribution in [-0.2, 0) is 0 Å². The largest absolute Gasteiger partial charge is 0.455 e. The van der Waals surface area contributed by atoms with Gasteiger partial charge in [-0.05, 0) is 37.1 Å². The van der Waals surface area contributed by atoms with Gasteiger partial charge in [0, 0.05) is 5.39 Å². The van der Waals surface area contributed by atoms with Crippen LogP contribution in [-0.4, -0.2) is 5.11 Å². The van der Waals surface area contributed by atoms with Gasteiger partial charge in [0.05, 0.1) is 0 Å². The number of hydrogen-bond acceptors (Lipinski definition) is 2. The summed E-state index contributed by atoms with van der Waals surface area (Å²) in [5, 5.41) is 11.1. The summed E-state index contributed by atoms with van der Waals surface area (Å²) >= 11 is 0. The highest BCUT2D eigenvalue weighted by Gasteiger charge is 2.18. The van der Waals surface area contributed by atoms with Crippen molar-refractivity contribution in [3.05, 3.63) is 70.7 Å². The van der Waals surface area contributed by atoms with Crippen molar-refractivity contribution in [2.75, 3.05) is 0 Å². The molecule has 0 amide bonds. The van der Waals surface area contributed by atoms with Gasteiger partial charge in [0.15, 0.2) is 11.4 Å². The molecule has 0 fully saturated rings. The first-order valence-corrected chi connectivity index (χ1v) is 6.49. The Balaban J connectivity index is 2.08. The number of aliphatic hydroxyl groups excluding tert-OH is 1. The molecule has 2 nitrogen and oxygen atoms in total. The summed E-state index contributed by atoms with van der Waals surface area (Å²) < 4.78 is 19.1. The van der Waals surface area contributed by atoms with Crippen LogP contribution >= 0.6 is 0 Å². The zero-order chi connectivity index (χ0) is 14.3. The Morgan fingerprint density at radius 1 is 1.10 bits per heavy atom. The lowest BCUT2D eigenvalue weighted by atomic mass is 9.99. The lowest BCUT2D eigenvalue weighted by Gasteiger charge is -2.11. The second-order valence-electron chi connectivity index (χ2n) is 5.07. The van der Waals surface area contributed by atoms with Crippen molar-refractivity contribution >= 4 is 11.0 Å². The average Bonchev–Trinajstić information content (AvgIpc) is 2.83. The minimum absolute atomic E-state index is 0.186. The number of aliphatic hydroxyl groups is 1. The lowest BCUT2D eigenvalue weighted by Crippen LogP contribution is -2.00. The van der Waals surface area contributed by atoms with Gasteiger partial charge in [0.25, 0.3) is 0 Å². The van der Waals surface area contributed by atoms with Crippen molar-refractivity contribution in [3.63, 3.8) is 0 Å². The van der Waals surface area contributed by atoms with Crippen LogP contribution in [0.15, 0.2) is 46.9 Å². The smallest absolute Gasteiger partial charge is 0.170 e. The molecule has 0 saturated heterocycles. The van der Waals surface area contributed by atoms with E-state index in [0.29, 0.717) is 11.1 Å². The molecule has 0 aliphatic heterocycles. The molecule has 1 unspecified atom stereocenters. The number of hydrogen-bond donors (Lipinski definition) is 1. The normalized spacial score (nSPS) is 12.8. The van der Waals surface area contributed by atoms with Gasteiger partial charge in [-0.2, -0.15) is 0 Å². The van der Waals surface area contributed by atoms with Gasteiger partial charge in [-0.1, -0.05) is 35.9 Å². The molecule has 102 valence electrons. The Morgan fingerprint density at radius 3 is 2.60 bits per heavy atom. The number of rotatable bonds is 2. The van der Waals surface area contributed by atoms with Crippen molar-refractivity contribution < 1.29 is 13.9 Å². The predicted molar refractivity (Wildman–Crippen MR) is 76.1 cm³/mol. The number of aryl methyl sites for hydroxylation is 2. The minimum atomic E-state index is -0.887. The van der Waals surface area contributed by atoms with E-state index < -0.39 is 11.9 Å². The summed E-state index contributed by atoms with van der Waals surface area (Å²) in [6, 6.07) is 12.2. The maximum atomic E-state index is 13.6. The van der Waals surface area contributed by atoms with Crippen LogP contribution in [0, 0.1) is 19.7 Å². The Morgan fingerprint density at radius 2 is 1.90 bits per heavy atom. The molecular weight excluding hydrogens is 255 g/mol. The standard InChI is InChI=1S/C17H15FO2/c1-10-6-7-13(11(2)8-10)16(19)15-9-12-4-3-5-14(18)17(12)20-15/h3-9,16,19H,1-2H3. The zero-order valence-corrected chi connectivity index (χ0v) is 11.4. The maximum Gasteiger partial charge on any atom is 0.170 e. The highest BCUT2D eigenvalue weighted by Crippen LogP contribution is 2.31. The molecule has 20 heavy (non-hydrogen) atoms. The Bertz CT molecular complexity index is 774. The molecule has 1 heterocycles. The molecule has 3 aromatic rings. The number of furan rings is 1. The van der Waals surface area contributed by atoms with Crippen LogP contribution in [0.25, 0.3) is 11.0 Å². The molecule has 0 aliphatic rings. The molecule has 0 aliphatic carbocycles. The number of fused-ring (bicyclic) bond motifs is 1. The van der Waals surface area contributed by atoms with E-state index >= 15 is 0 Å². The Hall–Kier alpha value is -2.13. The van der Waals surface area contributed by atoms with E-state index in [9.17, 15) is 9.50 Å². The SMILES string of the molecule is Cc1ccc(C(O)c2cc3cccc(F)c3o2)c(C)c1. The van der Waals surface area contributed by atoms with Gasteiger partial charge >= 0.3 is 0 Å². The summed E-state index contributed by atoms with van der Waals surface area (Å²) in [6.07, 6.45) is -0.887. The molecule has 1 N–H and O–H groups in total. The third-order valence-corrected chi connectivity index (χ3v) is 3.50. The third kappa shape index (κ3) is 2.10. The molecular formula is C17H15FO2. The van der Waals surface area contributed by atoms with E-state index in [1.807, 2.05) is 32.0 Å². The predicted octanol–water partition coefficient (Wildman–Crippen LogP) is 4.27. The van der Waals surface area contributed by atoms with Gasteiger partial charge < -0.3 is 9.52 Å². The first kappa shape index (κ1) is 12.9. The van der Waals surface area contributed by atoms with Gasteiger partial charge in [-0.3, -0.25) is 0 Å². The first-order chi connectivity index (χ1) is 9.56. The fraction of sp³-hybridized carbons (Fsp3) is 0.176. The number of para-hydroxylation sites is 1. The number of halogens is 1. The van der Waals surface area contributed by atoms with E-state index in [1.165, 1.54) is 6.07 Å². The first-order valence-electron chi connectivity index (χ1n) is 6.49. The quantitative estimate of drug-likeness (QED) is 0.754. The second-order valence-corrected chi connectivity index (χ2v) is 5.07. The van der Waals surface area contributed by atoms with E-state index in [0.717, 1.165) is 16.7 Å². The van der Waals surface area contributed by atoms with Crippen LogP contribution in [0.2, 0.25) is 0 Å². The zero-order valence-electron chi connectivity index (χ0n) is 11.4. The molecule has 0 saturated carbocycles. The Kier molecular flexibility index (Phi) is 3.07. The van der Waals surface area contributed by atoms with Crippen molar-refractivity contribution in [1.29, 1.82) is 0 Å². The minimum Gasteiger partial charge on any atom is -0.455 e. The average molecular weight is 270 g/mol. The molecule has 0 radical (unpaired) electrons. The summed E-state index contributed by atoms with van der Waals surface area (Å²) in [4.78, 5) is 0. The third-order valence-electron chi connectivity index (χ3n) is 3.50. The van der Waals surface area contributed by atoms with Crippen molar-refractivity contribution in [2.45, 2.75) is 20.0 Å². The van der Waals surface area contributed by atoms with Crippen LogP contribution < -0.4 is 0 Å². The molecule has 2 aromatic carbocycles. The van der Waals surface area contributed by atoms with E-state index in [2.05, 4.69) is 0 Å². The van der Waals surface area contributed by atoms with E-state index in [1.54, 1.807) is 18.2 Å². The highest BCUT2D eigenvalue weighted by atomic mass is 19.1. The monoisotopic (exact) mass is 270 g/mol. The van der Waals surface area contributed by atoms with Gasteiger partial charge in [-0.15, -0.1) is 0 Å². The Labute approximate surface area is 116 Å². The van der Waals surface area contributed by atoms with Crippen molar-refractivity contribution in [2.24, 2.45) is 0 Å².